The Labute approximate surface area is 180 Å². The van der Waals surface area contributed by atoms with E-state index < -0.39 is 0 Å². The van der Waals surface area contributed by atoms with E-state index in [0.29, 0.717) is 35.9 Å². The Morgan fingerprint density at radius 2 is 2.03 bits per heavy atom. The number of hydrogen-bond acceptors (Lipinski definition) is 5. The number of halogens is 1. The minimum Gasteiger partial charge on any atom is -0.359 e. The second kappa shape index (κ2) is 8.95. The summed E-state index contributed by atoms with van der Waals surface area (Å²) in [4.78, 5) is 26.7. The van der Waals surface area contributed by atoms with E-state index in [1.54, 1.807) is 0 Å². The molecule has 1 aliphatic carbocycles. The topological polar surface area (TPSA) is 79.9 Å². The Balaban J connectivity index is 1.25. The van der Waals surface area contributed by atoms with E-state index in [1.807, 2.05) is 24.3 Å². The number of nitrogens with one attached hydrogen (secondary N) is 2. The van der Waals surface area contributed by atoms with E-state index in [-0.39, 0.29) is 55.7 Å². The summed E-state index contributed by atoms with van der Waals surface area (Å²) in [7, 11) is 0. The van der Waals surface area contributed by atoms with Gasteiger partial charge in [-0.25, -0.2) is 0 Å². The predicted molar refractivity (Wildman–Crippen MR) is 111 cm³/mol. The van der Waals surface area contributed by atoms with Crippen LogP contribution in [0.3, 0.4) is 0 Å². The molecule has 2 aliphatic heterocycles. The van der Waals surface area contributed by atoms with Gasteiger partial charge in [0.05, 0.1) is 18.1 Å². The zero-order valence-corrected chi connectivity index (χ0v) is 17.5. The van der Waals surface area contributed by atoms with E-state index in [2.05, 4.69) is 10.6 Å². The van der Waals surface area contributed by atoms with Crippen LogP contribution >= 0.6 is 23.8 Å². The molecule has 2 heterocycles. The highest BCUT2D eigenvalue weighted by molar-refractivity contribution is 7.80. The van der Waals surface area contributed by atoms with E-state index in [9.17, 15) is 9.59 Å². The second-order valence-electron chi connectivity index (χ2n) is 7.59. The number of rotatable bonds is 6. The summed E-state index contributed by atoms with van der Waals surface area (Å²) >= 11 is 11.5. The first-order chi connectivity index (χ1) is 14.0. The third kappa shape index (κ3) is 4.55. The van der Waals surface area contributed by atoms with Gasteiger partial charge in [0.25, 0.3) is 0 Å². The van der Waals surface area contributed by atoms with Crippen molar-refractivity contribution in [3.05, 3.63) is 34.9 Å². The fourth-order valence-corrected chi connectivity index (χ4v) is 4.78. The first-order valence-corrected chi connectivity index (χ1v) is 10.7. The zero-order chi connectivity index (χ0) is 20.4. The summed E-state index contributed by atoms with van der Waals surface area (Å²) in [6.45, 7) is 1.03. The average molecular weight is 438 g/mol. The second-order valence-corrected chi connectivity index (χ2v) is 8.39. The first-order valence-electron chi connectivity index (χ1n) is 9.88. The molecule has 156 valence electrons. The SMILES string of the molecule is O=C(CCN1C(=O)C2CC3OCOC3CC2NC1=S)NCCc1ccccc1Cl. The Morgan fingerprint density at radius 3 is 2.83 bits per heavy atom. The maximum Gasteiger partial charge on any atom is 0.234 e. The molecule has 4 atom stereocenters. The number of ether oxygens (including phenoxy) is 2. The van der Waals surface area contributed by atoms with Gasteiger partial charge in [0.1, 0.15) is 6.79 Å². The molecule has 1 saturated carbocycles. The van der Waals surface area contributed by atoms with Crippen LogP contribution in [0.4, 0.5) is 0 Å². The summed E-state index contributed by atoms with van der Waals surface area (Å²) in [5, 5.41) is 7.22. The number of benzene rings is 1. The summed E-state index contributed by atoms with van der Waals surface area (Å²) in [5.41, 5.74) is 0.991. The lowest BCUT2D eigenvalue weighted by Gasteiger charge is -2.44. The van der Waals surface area contributed by atoms with Crippen LogP contribution in [0.2, 0.25) is 5.02 Å². The normalized spacial score (nSPS) is 28.5. The summed E-state index contributed by atoms with van der Waals surface area (Å²) in [6.07, 6.45) is 2.15. The number of thiocarbonyl (C=S) groups is 1. The molecule has 0 bridgehead atoms. The molecular formula is C20H24ClN3O4S. The maximum atomic E-state index is 13.0. The minimum atomic E-state index is -0.201. The number of hydrogen-bond donors (Lipinski definition) is 2. The van der Waals surface area contributed by atoms with Gasteiger partial charge < -0.3 is 20.1 Å². The third-order valence-corrected chi connectivity index (χ3v) is 6.52. The molecule has 0 spiro atoms. The van der Waals surface area contributed by atoms with Gasteiger partial charge in [0.15, 0.2) is 5.11 Å². The van der Waals surface area contributed by atoms with Gasteiger partial charge in [0.2, 0.25) is 11.8 Å². The molecule has 0 radical (unpaired) electrons. The molecule has 4 unspecified atom stereocenters. The lowest BCUT2D eigenvalue weighted by atomic mass is 9.79. The van der Waals surface area contributed by atoms with Gasteiger partial charge in [-0.3, -0.25) is 14.5 Å². The molecule has 0 aromatic heterocycles. The highest BCUT2D eigenvalue weighted by atomic mass is 35.5. The van der Waals surface area contributed by atoms with Gasteiger partial charge in [-0.15, -0.1) is 0 Å². The molecule has 2 saturated heterocycles. The number of carbonyl (C=O) groups excluding carboxylic acids is 2. The quantitative estimate of drug-likeness (QED) is 0.658. The van der Waals surface area contributed by atoms with Crippen molar-refractivity contribution in [1.82, 2.24) is 15.5 Å². The number of nitrogens with zero attached hydrogens (tertiary/aromatic N) is 1. The van der Waals surface area contributed by atoms with Crippen molar-refractivity contribution in [2.45, 2.75) is 43.9 Å². The van der Waals surface area contributed by atoms with Crippen molar-refractivity contribution in [3.8, 4) is 0 Å². The van der Waals surface area contributed by atoms with Gasteiger partial charge >= 0.3 is 0 Å². The maximum absolute atomic E-state index is 13.0. The largest absolute Gasteiger partial charge is 0.359 e. The standard InChI is InChI=1S/C20H24ClN3O4S/c21-14-4-2-1-3-12(14)5-7-22-18(25)6-8-24-19(26)13-9-16-17(28-11-27-16)10-15(13)23-20(24)29/h1-4,13,15-17H,5-11H2,(H,22,25)(H,23,29). The molecule has 9 heteroatoms. The highest BCUT2D eigenvalue weighted by Crippen LogP contribution is 2.35. The molecule has 2 N–H and O–H groups in total. The lowest BCUT2D eigenvalue weighted by Crippen LogP contribution is -2.63. The fourth-order valence-electron chi connectivity index (χ4n) is 4.22. The summed E-state index contributed by atoms with van der Waals surface area (Å²) in [5.74, 6) is -0.351. The third-order valence-electron chi connectivity index (χ3n) is 5.81. The van der Waals surface area contributed by atoms with Crippen LogP contribution in [0, 0.1) is 5.92 Å². The minimum absolute atomic E-state index is 0.0230. The molecular weight excluding hydrogens is 414 g/mol. The van der Waals surface area contributed by atoms with Gasteiger partial charge in [-0.05, 0) is 43.1 Å². The Morgan fingerprint density at radius 1 is 1.28 bits per heavy atom. The van der Waals surface area contributed by atoms with Crippen molar-refractivity contribution in [1.29, 1.82) is 0 Å². The van der Waals surface area contributed by atoms with E-state index in [4.69, 9.17) is 33.3 Å². The van der Waals surface area contributed by atoms with Crippen molar-refractivity contribution in [2.75, 3.05) is 19.9 Å². The van der Waals surface area contributed by atoms with Crippen LogP contribution in [-0.2, 0) is 25.5 Å². The molecule has 7 nitrogen and oxygen atoms in total. The zero-order valence-electron chi connectivity index (χ0n) is 15.9. The number of fused-ring (bicyclic) bond motifs is 2. The fraction of sp³-hybridized carbons (Fsp3) is 0.550. The molecule has 3 aliphatic rings. The van der Waals surface area contributed by atoms with Gasteiger partial charge in [-0.1, -0.05) is 29.8 Å². The van der Waals surface area contributed by atoms with Gasteiger partial charge in [-0.2, -0.15) is 0 Å². The molecule has 3 fully saturated rings. The molecule has 2 amide bonds. The average Bonchev–Trinajstić information content (AvgIpc) is 3.15. The lowest BCUT2D eigenvalue weighted by molar-refractivity contribution is -0.137. The predicted octanol–water partition coefficient (Wildman–Crippen LogP) is 1.63. The van der Waals surface area contributed by atoms with Crippen molar-refractivity contribution in [3.63, 3.8) is 0 Å². The van der Waals surface area contributed by atoms with Crippen LogP contribution in [-0.4, -0.2) is 60.0 Å². The number of amides is 2. The molecule has 1 aromatic carbocycles. The van der Waals surface area contributed by atoms with Crippen LogP contribution in [0.1, 0.15) is 24.8 Å². The van der Waals surface area contributed by atoms with Crippen LogP contribution in [0.25, 0.3) is 0 Å². The van der Waals surface area contributed by atoms with Crippen molar-refractivity contribution in [2.24, 2.45) is 5.92 Å². The van der Waals surface area contributed by atoms with Crippen molar-refractivity contribution >= 4 is 40.7 Å². The Hall–Kier alpha value is -1.74. The van der Waals surface area contributed by atoms with Crippen molar-refractivity contribution < 1.29 is 19.1 Å². The summed E-state index contributed by atoms with van der Waals surface area (Å²) < 4.78 is 11.1. The van der Waals surface area contributed by atoms with Crippen LogP contribution < -0.4 is 10.6 Å². The first kappa shape index (κ1) is 20.5. The van der Waals surface area contributed by atoms with Gasteiger partial charge in [0, 0.05) is 30.6 Å². The molecule has 4 rings (SSSR count). The number of carbonyl (C=O) groups is 2. The monoisotopic (exact) mass is 437 g/mol. The van der Waals surface area contributed by atoms with E-state index in [1.165, 1.54) is 4.90 Å². The molecule has 29 heavy (non-hydrogen) atoms. The van der Waals surface area contributed by atoms with E-state index >= 15 is 0 Å². The van der Waals surface area contributed by atoms with E-state index in [0.717, 1.165) is 5.56 Å². The van der Waals surface area contributed by atoms with Crippen LogP contribution in [0.5, 0.6) is 0 Å². The Kier molecular flexibility index (Phi) is 6.34. The Bertz CT molecular complexity index is 808. The van der Waals surface area contributed by atoms with Crippen LogP contribution in [0.15, 0.2) is 24.3 Å². The highest BCUT2D eigenvalue weighted by Gasteiger charge is 2.48. The molecule has 1 aromatic rings. The summed E-state index contributed by atoms with van der Waals surface area (Å²) in [6, 6.07) is 7.54. The smallest absolute Gasteiger partial charge is 0.234 e.